The lowest BCUT2D eigenvalue weighted by Crippen LogP contribution is -2.33. The van der Waals surface area contributed by atoms with E-state index in [0.717, 1.165) is 53.0 Å². The first-order valence-electron chi connectivity index (χ1n) is 7.97. The van der Waals surface area contributed by atoms with Crippen LogP contribution in [-0.2, 0) is 0 Å². The molecule has 0 radical (unpaired) electrons. The van der Waals surface area contributed by atoms with Crippen LogP contribution in [0.1, 0.15) is 25.7 Å². The van der Waals surface area contributed by atoms with Crippen molar-refractivity contribution in [2.75, 3.05) is 5.32 Å². The number of nitrogens with one attached hydrogen (secondary N) is 1. The molecule has 1 aliphatic rings. The van der Waals surface area contributed by atoms with Gasteiger partial charge in [-0.3, -0.25) is 4.98 Å². The smallest absolute Gasteiger partial charge is 0.139 e. The van der Waals surface area contributed by atoms with Crippen molar-refractivity contribution in [3.8, 4) is 11.3 Å². The van der Waals surface area contributed by atoms with Gasteiger partial charge in [0.05, 0.1) is 11.1 Å². The molecule has 4 rings (SSSR count). The van der Waals surface area contributed by atoms with Gasteiger partial charge in [0.25, 0.3) is 0 Å². The van der Waals surface area contributed by atoms with Crippen molar-refractivity contribution in [3.63, 3.8) is 0 Å². The van der Waals surface area contributed by atoms with Crippen LogP contribution in [0.5, 0.6) is 0 Å². The fourth-order valence-corrected chi connectivity index (χ4v) is 4.05. The van der Waals surface area contributed by atoms with E-state index in [4.69, 9.17) is 5.73 Å². The average molecular weight is 325 g/mol. The molecule has 0 aliphatic heterocycles. The minimum Gasteiger partial charge on any atom is -0.367 e. The van der Waals surface area contributed by atoms with Crippen LogP contribution in [0.3, 0.4) is 0 Å². The molecule has 0 saturated heterocycles. The Bertz CT molecular complexity index is 793. The van der Waals surface area contributed by atoms with Crippen LogP contribution < -0.4 is 11.1 Å². The SMILES string of the molecule is NC1CCC(Nc2ncnc3scc(-c4ccccn4)c23)CC1. The highest BCUT2D eigenvalue weighted by Gasteiger charge is 2.21. The van der Waals surface area contributed by atoms with Gasteiger partial charge in [0, 0.05) is 29.2 Å². The van der Waals surface area contributed by atoms with Gasteiger partial charge in [-0.05, 0) is 37.8 Å². The normalized spacial score (nSPS) is 21.4. The van der Waals surface area contributed by atoms with Crippen molar-refractivity contribution in [1.29, 1.82) is 0 Å². The van der Waals surface area contributed by atoms with Crippen LogP contribution in [0.25, 0.3) is 21.5 Å². The highest BCUT2D eigenvalue weighted by molar-refractivity contribution is 7.17. The molecule has 0 unspecified atom stereocenters. The summed E-state index contributed by atoms with van der Waals surface area (Å²) < 4.78 is 0. The molecule has 1 fully saturated rings. The average Bonchev–Trinajstić information content (AvgIpc) is 3.03. The topological polar surface area (TPSA) is 76.7 Å². The second-order valence-electron chi connectivity index (χ2n) is 6.02. The molecule has 6 heteroatoms. The molecule has 0 aromatic carbocycles. The Balaban J connectivity index is 1.71. The van der Waals surface area contributed by atoms with Gasteiger partial charge in [-0.15, -0.1) is 11.3 Å². The van der Waals surface area contributed by atoms with E-state index < -0.39 is 0 Å². The Morgan fingerprint density at radius 2 is 1.96 bits per heavy atom. The van der Waals surface area contributed by atoms with Crippen LogP contribution in [0.2, 0.25) is 0 Å². The van der Waals surface area contributed by atoms with Crippen LogP contribution >= 0.6 is 11.3 Å². The summed E-state index contributed by atoms with van der Waals surface area (Å²) in [6, 6.07) is 6.75. The number of hydrogen-bond donors (Lipinski definition) is 2. The van der Waals surface area contributed by atoms with Crippen LogP contribution in [-0.4, -0.2) is 27.0 Å². The lowest BCUT2D eigenvalue weighted by molar-refractivity contribution is 0.410. The van der Waals surface area contributed by atoms with E-state index in [9.17, 15) is 0 Å². The second kappa shape index (κ2) is 6.22. The van der Waals surface area contributed by atoms with Crippen molar-refractivity contribution in [2.24, 2.45) is 5.73 Å². The van der Waals surface area contributed by atoms with Crippen LogP contribution in [0, 0.1) is 0 Å². The Labute approximate surface area is 139 Å². The van der Waals surface area contributed by atoms with Gasteiger partial charge >= 0.3 is 0 Å². The van der Waals surface area contributed by atoms with Gasteiger partial charge in [0.1, 0.15) is 17.0 Å². The molecular formula is C17H19N5S. The summed E-state index contributed by atoms with van der Waals surface area (Å²) in [6.45, 7) is 0. The van der Waals surface area contributed by atoms with E-state index in [-0.39, 0.29) is 0 Å². The zero-order chi connectivity index (χ0) is 15.6. The molecule has 1 aliphatic carbocycles. The van der Waals surface area contributed by atoms with Gasteiger partial charge in [0.15, 0.2) is 0 Å². The molecule has 0 atom stereocenters. The van der Waals surface area contributed by atoms with Gasteiger partial charge in [-0.2, -0.15) is 0 Å². The van der Waals surface area contributed by atoms with Gasteiger partial charge in [-0.25, -0.2) is 9.97 Å². The number of nitrogens with zero attached hydrogens (tertiary/aromatic N) is 3. The highest BCUT2D eigenvalue weighted by Crippen LogP contribution is 2.36. The quantitative estimate of drug-likeness (QED) is 0.771. The molecule has 118 valence electrons. The maximum atomic E-state index is 6.00. The first kappa shape index (κ1) is 14.5. The molecule has 3 heterocycles. The molecule has 0 bridgehead atoms. The summed E-state index contributed by atoms with van der Waals surface area (Å²) in [4.78, 5) is 14.4. The van der Waals surface area contributed by atoms with E-state index in [0.29, 0.717) is 12.1 Å². The molecule has 3 N–H and O–H groups in total. The van der Waals surface area contributed by atoms with Crippen molar-refractivity contribution in [1.82, 2.24) is 15.0 Å². The minimum absolute atomic E-state index is 0.351. The van der Waals surface area contributed by atoms with Crippen molar-refractivity contribution in [3.05, 3.63) is 36.1 Å². The predicted molar refractivity (Wildman–Crippen MR) is 94.5 cm³/mol. The Hall–Kier alpha value is -2.05. The molecular weight excluding hydrogens is 306 g/mol. The standard InChI is InChI=1S/C17H19N5S/c18-11-4-6-12(7-5-11)22-16-15-13(14-3-1-2-8-19-14)9-23-17(15)21-10-20-16/h1-3,8-12H,4-7,18H2,(H,20,21,22). The number of hydrogen-bond acceptors (Lipinski definition) is 6. The van der Waals surface area contributed by atoms with Crippen molar-refractivity contribution >= 4 is 27.4 Å². The lowest BCUT2D eigenvalue weighted by Gasteiger charge is -2.27. The van der Waals surface area contributed by atoms with E-state index in [2.05, 4.69) is 25.6 Å². The molecule has 5 nitrogen and oxygen atoms in total. The number of thiophene rings is 1. The summed E-state index contributed by atoms with van der Waals surface area (Å²) >= 11 is 1.63. The summed E-state index contributed by atoms with van der Waals surface area (Å²) in [6.07, 6.45) is 7.78. The first-order valence-corrected chi connectivity index (χ1v) is 8.85. The van der Waals surface area contributed by atoms with Gasteiger partial charge in [-0.1, -0.05) is 6.07 Å². The summed E-state index contributed by atoms with van der Waals surface area (Å²) in [5.41, 5.74) is 8.06. The van der Waals surface area contributed by atoms with Gasteiger partial charge in [0.2, 0.25) is 0 Å². The van der Waals surface area contributed by atoms with E-state index in [1.807, 2.05) is 24.4 Å². The van der Waals surface area contributed by atoms with Crippen LogP contribution in [0.15, 0.2) is 36.1 Å². The number of aromatic nitrogens is 3. The zero-order valence-electron chi connectivity index (χ0n) is 12.8. The summed E-state index contributed by atoms with van der Waals surface area (Å²) in [5.74, 6) is 0.914. The molecule has 3 aromatic rings. The molecule has 0 spiro atoms. The maximum Gasteiger partial charge on any atom is 0.139 e. The first-order chi connectivity index (χ1) is 11.3. The van der Waals surface area contributed by atoms with E-state index in [1.54, 1.807) is 17.7 Å². The van der Waals surface area contributed by atoms with Crippen LogP contribution in [0.4, 0.5) is 5.82 Å². The monoisotopic (exact) mass is 325 g/mol. The molecule has 0 amide bonds. The Morgan fingerprint density at radius 1 is 1.09 bits per heavy atom. The number of nitrogens with two attached hydrogens (primary N) is 1. The molecule has 23 heavy (non-hydrogen) atoms. The third-order valence-electron chi connectivity index (χ3n) is 4.42. The molecule has 1 saturated carbocycles. The Morgan fingerprint density at radius 3 is 2.74 bits per heavy atom. The van der Waals surface area contributed by atoms with Gasteiger partial charge < -0.3 is 11.1 Å². The number of fused-ring (bicyclic) bond motifs is 1. The number of pyridine rings is 1. The summed E-state index contributed by atoms with van der Waals surface area (Å²) in [7, 11) is 0. The fraction of sp³-hybridized carbons (Fsp3) is 0.353. The fourth-order valence-electron chi connectivity index (χ4n) is 3.15. The molecule has 3 aromatic heterocycles. The van der Waals surface area contributed by atoms with Crippen molar-refractivity contribution in [2.45, 2.75) is 37.8 Å². The number of anilines is 1. The number of rotatable bonds is 3. The van der Waals surface area contributed by atoms with Crippen molar-refractivity contribution < 1.29 is 0 Å². The largest absolute Gasteiger partial charge is 0.367 e. The lowest BCUT2D eigenvalue weighted by atomic mass is 9.92. The third kappa shape index (κ3) is 2.92. The minimum atomic E-state index is 0.351. The predicted octanol–water partition coefficient (Wildman–Crippen LogP) is 3.44. The highest BCUT2D eigenvalue weighted by atomic mass is 32.1. The third-order valence-corrected chi connectivity index (χ3v) is 5.31. The summed E-state index contributed by atoms with van der Waals surface area (Å²) in [5, 5.41) is 6.80. The Kier molecular flexibility index (Phi) is 3.93. The van der Waals surface area contributed by atoms with E-state index >= 15 is 0 Å². The van der Waals surface area contributed by atoms with E-state index in [1.165, 1.54) is 0 Å². The maximum absolute atomic E-state index is 6.00. The zero-order valence-corrected chi connectivity index (χ0v) is 13.6. The second-order valence-corrected chi connectivity index (χ2v) is 6.88.